The highest BCUT2D eigenvalue weighted by Gasteiger charge is 2.36. The van der Waals surface area contributed by atoms with Gasteiger partial charge >= 0.3 is 11.9 Å². The van der Waals surface area contributed by atoms with Gasteiger partial charge in [-0.25, -0.2) is 14.2 Å². The maximum absolute atomic E-state index is 14.7. The normalized spacial score (nSPS) is 21.2. The standard InChI is InChI=1S/C33H42ClFN4O5S/c1-5-20(3)10-13-26(40)39-16-14-21(11-12-22(19-39)32(41)43-4)18-25-27(33(42)44-6-2)29(23-8-7-9-24(35)28(23)34)38-30(37-25)31-36-15-17-45-31/h7-9,15,17,20-22,29H,5-6,10-14,16,18-19H2,1-4H3,(H,37,38). The lowest BCUT2D eigenvalue weighted by molar-refractivity contribution is -0.148. The number of nitrogens with zero attached hydrogens (tertiary/aromatic N) is 3. The lowest BCUT2D eigenvalue weighted by Crippen LogP contribution is -2.41. The summed E-state index contributed by atoms with van der Waals surface area (Å²) >= 11 is 7.83. The number of hydrogen-bond donors (Lipinski definition) is 1. The topological polar surface area (TPSA) is 110 Å². The van der Waals surface area contributed by atoms with Crippen LogP contribution >= 0.6 is 22.9 Å². The molecule has 1 fully saturated rings. The molecule has 4 atom stereocenters. The molecule has 2 aliphatic rings. The van der Waals surface area contributed by atoms with Crippen LogP contribution in [0.2, 0.25) is 5.02 Å². The monoisotopic (exact) mass is 660 g/mol. The van der Waals surface area contributed by atoms with Crippen molar-refractivity contribution in [1.82, 2.24) is 15.2 Å². The number of aromatic nitrogens is 1. The van der Waals surface area contributed by atoms with Crippen molar-refractivity contribution in [2.75, 3.05) is 26.8 Å². The van der Waals surface area contributed by atoms with E-state index in [1.54, 1.807) is 24.1 Å². The quantitative estimate of drug-likeness (QED) is 0.275. The van der Waals surface area contributed by atoms with Gasteiger partial charge in [-0.2, -0.15) is 0 Å². The van der Waals surface area contributed by atoms with E-state index in [4.69, 9.17) is 26.1 Å². The summed E-state index contributed by atoms with van der Waals surface area (Å²) in [5.74, 6) is -1.07. The molecule has 3 heterocycles. The molecule has 12 heteroatoms. The number of amidine groups is 1. The summed E-state index contributed by atoms with van der Waals surface area (Å²) in [6.07, 6.45) is 6.15. The summed E-state index contributed by atoms with van der Waals surface area (Å²) in [4.78, 5) is 50.6. The summed E-state index contributed by atoms with van der Waals surface area (Å²) in [6.45, 7) is 6.91. The van der Waals surface area contributed by atoms with E-state index in [0.717, 1.165) is 12.8 Å². The number of carbonyl (C=O) groups is 3. The number of aliphatic imine (C=N–C) groups is 1. The zero-order valence-corrected chi connectivity index (χ0v) is 27.9. The molecule has 4 unspecified atom stereocenters. The molecule has 9 nitrogen and oxygen atoms in total. The SMILES string of the molecule is CCOC(=O)C1=C(CC2CCC(C(=O)OC)CN(C(=O)CCC(C)CC)CC2)NC(c2nccs2)=NC1c1cccc(F)c1Cl. The molecule has 2 aromatic rings. The van der Waals surface area contributed by atoms with E-state index in [2.05, 4.69) is 24.1 Å². The first-order valence-corrected chi connectivity index (χ1v) is 16.9. The Morgan fingerprint density at radius 2 is 2.02 bits per heavy atom. The Morgan fingerprint density at radius 3 is 2.71 bits per heavy atom. The molecule has 1 aromatic carbocycles. The van der Waals surface area contributed by atoms with Gasteiger partial charge < -0.3 is 19.7 Å². The van der Waals surface area contributed by atoms with Crippen molar-refractivity contribution in [3.05, 3.63) is 62.5 Å². The Balaban J connectivity index is 1.70. The largest absolute Gasteiger partial charge is 0.469 e. The number of benzene rings is 1. The zero-order valence-electron chi connectivity index (χ0n) is 26.3. The van der Waals surface area contributed by atoms with E-state index in [9.17, 15) is 18.8 Å². The fourth-order valence-electron chi connectivity index (χ4n) is 5.79. The summed E-state index contributed by atoms with van der Waals surface area (Å²) in [5, 5.41) is 5.66. The van der Waals surface area contributed by atoms with Gasteiger partial charge in [0.25, 0.3) is 0 Å². The summed E-state index contributed by atoms with van der Waals surface area (Å²) < 4.78 is 25.3. The van der Waals surface area contributed by atoms with E-state index >= 15 is 0 Å². The van der Waals surface area contributed by atoms with Crippen LogP contribution < -0.4 is 5.32 Å². The summed E-state index contributed by atoms with van der Waals surface area (Å²) in [7, 11) is 1.37. The number of likely N-dealkylation sites (tertiary alicyclic amines) is 1. The van der Waals surface area contributed by atoms with Crippen molar-refractivity contribution in [2.45, 2.75) is 71.8 Å². The number of thiazole rings is 1. The van der Waals surface area contributed by atoms with Crippen molar-refractivity contribution in [2.24, 2.45) is 22.7 Å². The van der Waals surface area contributed by atoms with Crippen molar-refractivity contribution in [3.63, 3.8) is 0 Å². The minimum Gasteiger partial charge on any atom is -0.469 e. The number of amides is 1. The van der Waals surface area contributed by atoms with E-state index in [1.807, 2.05) is 5.38 Å². The average Bonchev–Trinajstić information content (AvgIpc) is 3.57. The molecule has 2 aliphatic heterocycles. The molecule has 1 aromatic heterocycles. The molecule has 244 valence electrons. The average molecular weight is 661 g/mol. The number of ether oxygens (including phenoxy) is 2. The van der Waals surface area contributed by atoms with E-state index < -0.39 is 23.7 Å². The Morgan fingerprint density at radius 1 is 1.22 bits per heavy atom. The number of halogens is 2. The van der Waals surface area contributed by atoms with Crippen LogP contribution in [0.1, 0.15) is 82.3 Å². The van der Waals surface area contributed by atoms with Gasteiger partial charge in [0.1, 0.15) is 11.9 Å². The highest BCUT2D eigenvalue weighted by molar-refractivity contribution is 7.11. The molecule has 0 radical (unpaired) electrons. The van der Waals surface area contributed by atoms with Gasteiger partial charge in [-0.1, -0.05) is 44.0 Å². The van der Waals surface area contributed by atoms with Gasteiger partial charge in [0.2, 0.25) is 5.91 Å². The highest BCUT2D eigenvalue weighted by Crippen LogP contribution is 2.39. The van der Waals surface area contributed by atoms with Crippen LogP contribution in [0.15, 0.2) is 46.0 Å². The molecular weight excluding hydrogens is 619 g/mol. The molecule has 0 bridgehead atoms. The Kier molecular flexibility index (Phi) is 12.5. The first-order valence-electron chi connectivity index (χ1n) is 15.6. The van der Waals surface area contributed by atoms with Gasteiger partial charge in [-0.3, -0.25) is 14.6 Å². The summed E-state index contributed by atoms with van der Waals surface area (Å²) in [5.41, 5.74) is 1.17. The molecule has 0 aliphatic carbocycles. The second-order valence-corrected chi connectivity index (χ2v) is 12.9. The minimum absolute atomic E-state index is 0.00600. The predicted molar refractivity (Wildman–Crippen MR) is 172 cm³/mol. The number of methoxy groups -OCH3 is 1. The van der Waals surface area contributed by atoms with Crippen LogP contribution in [-0.4, -0.2) is 60.4 Å². The lowest BCUT2D eigenvalue weighted by Gasteiger charge is -2.34. The van der Waals surface area contributed by atoms with E-state index in [1.165, 1.54) is 30.6 Å². The van der Waals surface area contributed by atoms with Crippen LogP contribution in [0.4, 0.5) is 4.39 Å². The second-order valence-electron chi connectivity index (χ2n) is 11.6. The van der Waals surface area contributed by atoms with Gasteiger partial charge in [0.15, 0.2) is 10.8 Å². The number of hydrogen-bond acceptors (Lipinski definition) is 9. The molecule has 1 saturated heterocycles. The number of carbonyl (C=O) groups excluding carboxylic acids is 3. The van der Waals surface area contributed by atoms with Gasteiger partial charge in [0.05, 0.1) is 30.2 Å². The van der Waals surface area contributed by atoms with Crippen molar-refractivity contribution in [1.29, 1.82) is 0 Å². The number of nitrogens with one attached hydrogen (secondary N) is 1. The number of allylic oxidation sites excluding steroid dienone is 1. The second kappa shape index (κ2) is 16.3. The van der Waals surface area contributed by atoms with Crippen LogP contribution in [0.3, 0.4) is 0 Å². The Labute approximate surface area is 273 Å². The third-order valence-corrected chi connectivity index (χ3v) is 9.81. The van der Waals surface area contributed by atoms with Crippen molar-refractivity contribution < 1.29 is 28.2 Å². The van der Waals surface area contributed by atoms with Crippen LogP contribution in [0, 0.1) is 23.6 Å². The van der Waals surface area contributed by atoms with Gasteiger partial charge in [-0.05, 0) is 56.9 Å². The Bertz CT molecular complexity index is 1420. The third-order valence-electron chi connectivity index (χ3n) is 8.63. The first kappa shape index (κ1) is 34.6. The minimum atomic E-state index is -0.933. The first-order chi connectivity index (χ1) is 21.7. The molecule has 4 rings (SSSR count). The lowest BCUT2D eigenvalue weighted by atomic mass is 9.85. The van der Waals surface area contributed by atoms with Gasteiger partial charge in [-0.15, -0.1) is 11.3 Å². The maximum atomic E-state index is 14.7. The third kappa shape index (κ3) is 8.70. The fourth-order valence-corrected chi connectivity index (χ4v) is 6.61. The van der Waals surface area contributed by atoms with Gasteiger partial charge in [0, 0.05) is 42.3 Å². The smallest absolute Gasteiger partial charge is 0.338 e. The molecule has 0 saturated carbocycles. The predicted octanol–water partition coefficient (Wildman–Crippen LogP) is 6.48. The summed E-state index contributed by atoms with van der Waals surface area (Å²) in [6, 6.07) is 3.52. The zero-order chi connectivity index (χ0) is 32.5. The van der Waals surface area contributed by atoms with Crippen molar-refractivity contribution >= 4 is 46.6 Å². The number of rotatable bonds is 11. The molecule has 1 N–H and O–H groups in total. The van der Waals surface area contributed by atoms with E-state index in [-0.39, 0.29) is 35.0 Å². The molecule has 0 spiro atoms. The fraction of sp³-hybridized carbons (Fsp3) is 0.545. The molecule has 45 heavy (non-hydrogen) atoms. The van der Waals surface area contributed by atoms with Crippen LogP contribution in [0.5, 0.6) is 0 Å². The Hall–Kier alpha value is -3.31. The highest BCUT2D eigenvalue weighted by atomic mass is 35.5. The van der Waals surface area contributed by atoms with Crippen molar-refractivity contribution in [3.8, 4) is 0 Å². The number of esters is 2. The molecular formula is C33H42ClFN4O5S. The van der Waals surface area contributed by atoms with Crippen LogP contribution in [0.25, 0.3) is 0 Å². The van der Waals surface area contributed by atoms with E-state index in [0.29, 0.717) is 73.2 Å². The maximum Gasteiger partial charge on any atom is 0.338 e. The molecule has 1 amide bonds. The van der Waals surface area contributed by atoms with Crippen LogP contribution in [-0.2, 0) is 23.9 Å².